The van der Waals surface area contributed by atoms with Crippen LogP contribution in [0, 0.1) is 6.92 Å². The van der Waals surface area contributed by atoms with Crippen molar-refractivity contribution in [2.75, 3.05) is 0 Å². The Kier molecular flexibility index (Phi) is 3.55. The Labute approximate surface area is 113 Å². The fourth-order valence-electron chi connectivity index (χ4n) is 1.84. The van der Waals surface area contributed by atoms with E-state index in [0.29, 0.717) is 0 Å². The summed E-state index contributed by atoms with van der Waals surface area (Å²) >= 11 is 1.69. The van der Waals surface area contributed by atoms with Crippen molar-refractivity contribution < 1.29 is 0 Å². The molecule has 0 unspecified atom stereocenters. The predicted molar refractivity (Wildman–Crippen MR) is 78.9 cm³/mol. The van der Waals surface area contributed by atoms with Crippen LogP contribution in [0.25, 0.3) is 11.3 Å². The Morgan fingerprint density at radius 2 is 1.83 bits per heavy atom. The zero-order valence-electron chi connectivity index (χ0n) is 11.4. The fourth-order valence-corrected chi connectivity index (χ4v) is 2.79. The van der Waals surface area contributed by atoms with E-state index in [0.717, 1.165) is 17.1 Å². The molecule has 0 aliphatic rings. The molecule has 2 aromatic rings. The van der Waals surface area contributed by atoms with E-state index in [1.165, 1.54) is 16.0 Å². The average Bonchev–Trinajstić information content (AvgIpc) is 2.71. The Balaban J connectivity index is 2.41. The molecule has 0 spiro atoms. The largest absolute Gasteiger partial charge is 0.320 e. The topological polar surface area (TPSA) is 38.9 Å². The molecule has 0 atom stereocenters. The van der Waals surface area contributed by atoms with Crippen molar-refractivity contribution in [3.63, 3.8) is 0 Å². The van der Waals surface area contributed by atoms with Crippen LogP contribution in [0.15, 0.2) is 24.3 Å². The first kappa shape index (κ1) is 13.2. The molecule has 0 saturated heterocycles. The quantitative estimate of drug-likeness (QED) is 0.909. The first-order chi connectivity index (χ1) is 8.41. The Bertz CT molecular complexity index is 533. The van der Waals surface area contributed by atoms with Crippen LogP contribution in [0.4, 0.5) is 0 Å². The van der Waals surface area contributed by atoms with Crippen LogP contribution in [0.2, 0.25) is 0 Å². The maximum atomic E-state index is 6.11. The Hall–Kier alpha value is -1.19. The van der Waals surface area contributed by atoms with Crippen LogP contribution >= 0.6 is 11.3 Å². The van der Waals surface area contributed by atoms with Gasteiger partial charge in [-0.15, -0.1) is 11.3 Å². The molecule has 1 aromatic heterocycles. The van der Waals surface area contributed by atoms with Crippen molar-refractivity contribution in [3.8, 4) is 11.3 Å². The number of aromatic nitrogens is 1. The van der Waals surface area contributed by atoms with Crippen LogP contribution in [0.5, 0.6) is 0 Å². The number of thiazole rings is 1. The van der Waals surface area contributed by atoms with Gasteiger partial charge in [-0.3, -0.25) is 0 Å². The summed E-state index contributed by atoms with van der Waals surface area (Å²) in [6, 6.07) is 8.63. The lowest BCUT2D eigenvalue weighted by molar-refractivity contribution is 0.551. The number of nitrogens with two attached hydrogens (primary N) is 1. The second-order valence-corrected chi connectivity index (χ2v) is 6.40. The molecule has 18 heavy (non-hydrogen) atoms. The molecule has 0 amide bonds. The van der Waals surface area contributed by atoms with Gasteiger partial charge in [0.2, 0.25) is 0 Å². The minimum absolute atomic E-state index is 0.364. The molecule has 2 rings (SSSR count). The smallest absolute Gasteiger partial charge is 0.113 e. The predicted octanol–water partition coefficient (Wildman–Crippen LogP) is 3.87. The number of rotatable bonds is 3. The molecular weight excluding hydrogens is 240 g/mol. The zero-order chi connectivity index (χ0) is 13.3. The van der Waals surface area contributed by atoms with Crippen LogP contribution < -0.4 is 5.73 Å². The van der Waals surface area contributed by atoms with Gasteiger partial charge in [-0.05, 0) is 32.8 Å². The van der Waals surface area contributed by atoms with E-state index in [2.05, 4.69) is 38.1 Å². The lowest BCUT2D eigenvalue weighted by Gasteiger charge is -2.13. The van der Waals surface area contributed by atoms with E-state index in [1.807, 2.05) is 13.8 Å². The lowest BCUT2D eigenvalue weighted by Crippen LogP contribution is -2.28. The van der Waals surface area contributed by atoms with Gasteiger partial charge in [0.05, 0.1) is 11.2 Å². The maximum Gasteiger partial charge on any atom is 0.113 e. The molecule has 0 aliphatic heterocycles. The molecule has 0 bridgehead atoms. The van der Waals surface area contributed by atoms with E-state index in [1.54, 1.807) is 11.3 Å². The van der Waals surface area contributed by atoms with Crippen LogP contribution in [0.1, 0.15) is 36.2 Å². The minimum Gasteiger partial charge on any atom is -0.320 e. The van der Waals surface area contributed by atoms with Gasteiger partial charge in [-0.25, -0.2) is 4.98 Å². The van der Waals surface area contributed by atoms with Gasteiger partial charge >= 0.3 is 0 Å². The first-order valence-corrected chi connectivity index (χ1v) is 7.09. The first-order valence-electron chi connectivity index (χ1n) is 6.28. The molecular formula is C15H20N2S. The van der Waals surface area contributed by atoms with E-state index in [9.17, 15) is 0 Å². The summed E-state index contributed by atoms with van der Waals surface area (Å²) in [4.78, 5) is 5.93. The molecule has 1 aromatic carbocycles. The van der Waals surface area contributed by atoms with Gasteiger partial charge in [0.25, 0.3) is 0 Å². The fraction of sp³-hybridized carbons (Fsp3) is 0.400. The van der Waals surface area contributed by atoms with Gasteiger partial charge in [-0.2, -0.15) is 0 Å². The normalized spacial score (nSPS) is 11.8. The molecule has 2 nitrogen and oxygen atoms in total. The number of aryl methyl sites for hydroxylation is 2. The highest BCUT2D eigenvalue weighted by molar-refractivity contribution is 7.12. The van der Waals surface area contributed by atoms with Gasteiger partial charge in [0.1, 0.15) is 5.01 Å². The summed E-state index contributed by atoms with van der Waals surface area (Å²) in [5.41, 5.74) is 9.34. The van der Waals surface area contributed by atoms with E-state index in [4.69, 9.17) is 10.7 Å². The van der Waals surface area contributed by atoms with Gasteiger partial charge < -0.3 is 5.73 Å². The summed E-state index contributed by atoms with van der Waals surface area (Å²) < 4.78 is 0. The maximum absolute atomic E-state index is 6.11. The van der Waals surface area contributed by atoms with Crippen molar-refractivity contribution in [1.29, 1.82) is 0 Å². The van der Waals surface area contributed by atoms with Crippen LogP contribution in [-0.2, 0) is 12.0 Å². The number of benzene rings is 1. The van der Waals surface area contributed by atoms with E-state index in [-0.39, 0.29) is 5.54 Å². The summed E-state index contributed by atoms with van der Waals surface area (Å²) in [5.74, 6) is 0. The third-order valence-corrected chi connectivity index (χ3v) is 4.29. The van der Waals surface area contributed by atoms with Gasteiger partial charge in [0.15, 0.2) is 0 Å². The van der Waals surface area contributed by atoms with Crippen molar-refractivity contribution in [1.82, 2.24) is 4.98 Å². The van der Waals surface area contributed by atoms with E-state index < -0.39 is 0 Å². The third-order valence-electron chi connectivity index (χ3n) is 2.98. The molecule has 3 heteroatoms. The average molecular weight is 260 g/mol. The number of nitrogens with zero attached hydrogens (tertiary/aromatic N) is 1. The highest BCUT2D eigenvalue weighted by Crippen LogP contribution is 2.31. The molecule has 0 aliphatic carbocycles. The minimum atomic E-state index is -0.364. The summed E-state index contributed by atoms with van der Waals surface area (Å²) in [6.45, 7) is 8.26. The molecule has 1 heterocycles. The molecule has 96 valence electrons. The van der Waals surface area contributed by atoms with E-state index >= 15 is 0 Å². The monoisotopic (exact) mass is 260 g/mol. The van der Waals surface area contributed by atoms with Gasteiger partial charge in [-0.1, -0.05) is 31.2 Å². The Morgan fingerprint density at radius 1 is 1.22 bits per heavy atom. The van der Waals surface area contributed by atoms with Crippen molar-refractivity contribution in [2.45, 2.75) is 39.7 Å². The Morgan fingerprint density at radius 3 is 2.28 bits per heavy atom. The number of hydrogen-bond donors (Lipinski definition) is 1. The van der Waals surface area contributed by atoms with Crippen LogP contribution in [-0.4, -0.2) is 4.98 Å². The highest BCUT2D eigenvalue weighted by atomic mass is 32.1. The zero-order valence-corrected chi connectivity index (χ0v) is 12.3. The van der Waals surface area contributed by atoms with Crippen molar-refractivity contribution in [3.05, 3.63) is 39.7 Å². The summed E-state index contributed by atoms with van der Waals surface area (Å²) in [5, 5.41) is 0.995. The summed E-state index contributed by atoms with van der Waals surface area (Å²) in [7, 11) is 0. The number of hydrogen-bond acceptors (Lipinski definition) is 3. The third kappa shape index (κ3) is 2.62. The van der Waals surface area contributed by atoms with Gasteiger partial charge in [0, 0.05) is 10.4 Å². The second-order valence-electron chi connectivity index (χ2n) is 5.20. The molecule has 0 radical (unpaired) electrons. The molecule has 0 fully saturated rings. The highest BCUT2D eigenvalue weighted by Gasteiger charge is 2.21. The summed E-state index contributed by atoms with van der Waals surface area (Å²) in [6.07, 6.45) is 1.07. The molecule has 0 saturated carbocycles. The lowest BCUT2D eigenvalue weighted by atomic mass is 10.1. The van der Waals surface area contributed by atoms with Crippen molar-refractivity contribution >= 4 is 11.3 Å². The molecule has 2 N–H and O–H groups in total. The van der Waals surface area contributed by atoms with Crippen LogP contribution in [0.3, 0.4) is 0 Å². The standard InChI is InChI=1S/C15H20N2S/c1-5-11-6-8-12(9-7-11)13-10(2)18-14(17-13)15(3,4)16/h6-9H,5,16H2,1-4H3. The SMILES string of the molecule is CCc1ccc(-c2nc(C(C)(C)N)sc2C)cc1. The second kappa shape index (κ2) is 4.82. The van der Waals surface area contributed by atoms with Crippen molar-refractivity contribution in [2.24, 2.45) is 5.73 Å².